The van der Waals surface area contributed by atoms with Gasteiger partial charge in [0.05, 0.1) is 19.3 Å². The molecule has 0 saturated carbocycles. The molecular formula is C17H14Cl3N3O. The highest BCUT2D eigenvalue weighted by atomic mass is 35.5. The molecule has 124 valence electrons. The molecule has 4 nitrogen and oxygen atoms in total. The van der Waals surface area contributed by atoms with Crippen LogP contribution in [0.4, 0.5) is 0 Å². The number of hydrogen-bond donors (Lipinski definition) is 0. The van der Waals surface area contributed by atoms with Crippen LogP contribution >= 0.6 is 34.8 Å². The quantitative estimate of drug-likeness (QED) is 0.588. The van der Waals surface area contributed by atoms with Gasteiger partial charge in [-0.15, -0.1) is 5.10 Å². The van der Waals surface area contributed by atoms with Gasteiger partial charge in [0.15, 0.2) is 0 Å². The lowest BCUT2D eigenvalue weighted by Gasteiger charge is -2.20. The maximum absolute atomic E-state index is 6.34. The highest BCUT2D eigenvalue weighted by Crippen LogP contribution is 2.30. The van der Waals surface area contributed by atoms with Crippen molar-refractivity contribution in [3.63, 3.8) is 0 Å². The molecule has 1 heterocycles. The fourth-order valence-corrected chi connectivity index (χ4v) is 2.94. The summed E-state index contributed by atoms with van der Waals surface area (Å²) in [5, 5.41) is 9.65. The molecule has 2 aromatic carbocycles. The van der Waals surface area contributed by atoms with Gasteiger partial charge < -0.3 is 4.74 Å². The van der Waals surface area contributed by atoms with E-state index in [4.69, 9.17) is 39.5 Å². The van der Waals surface area contributed by atoms with E-state index in [1.807, 2.05) is 30.3 Å². The number of ether oxygens (including phenoxy) is 1. The second-order valence-electron chi connectivity index (χ2n) is 5.22. The zero-order valence-corrected chi connectivity index (χ0v) is 14.8. The minimum Gasteiger partial charge on any atom is -0.367 e. The SMILES string of the molecule is Clc1ccc(CO[C@H](Cn2ccnn2)c2ccc(Cl)cc2Cl)cc1. The molecule has 24 heavy (non-hydrogen) atoms. The first-order valence-electron chi connectivity index (χ1n) is 7.27. The van der Waals surface area contributed by atoms with Crippen molar-refractivity contribution in [2.45, 2.75) is 19.3 Å². The lowest BCUT2D eigenvalue weighted by Crippen LogP contribution is -2.14. The highest BCUT2D eigenvalue weighted by Gasteiger charge is 2.17. The Kier molecular flexibility index (Phi) is 5.74. The molecule has 0 bridgehead atoms. The fraction of sp³-hybridized carbons (Fsp3) is 0.176. The summed E-state index contributed by atoms with van der Waals surface area (Å²) in [7, 11) is 0. The summed E-state index contributed by atoms with van der Waals surface area (Å²) >= 11 is 18.2. The van der Waals surface area contributed by atoms with E-state index >= 15 is 0 Å². The summed E-state index contributed by atoms with van der Waals surface area (Å²) in [6, 6.07) is 12.9. The van der Waals surface area contributed by atoms with Crippen molar-refractivity contribution < 1.29 is 4.74 Å². The van der Waals surface area contributed by atoms with Gasteiger partial charge in [-0.05, 0) is 29.8 Å². The molecule has 1 atom stereocenters. The van der Waals surface area contributed by atoms with Crippen LogP contribution in [0.3, 0.4) is 0 Å². The Balaban J connectivity index is 1.80. The average Bonchev–Trinajstić information content (AvgIpc) is 3.06. The average molecular weight is 383 g/mol. The van der Waals surface area contributed by atoms with Crippen LogP contribution in [0, 0.1) is 0 Å². The van der Waals surface area contributed by atoms with Gasteiger partial charge in [-0.1, -0.05) is 58.2 Å². The molecule has 0 aliphatic carbocycles. The van der Waals surface area contributed by atoms with Gasteiger partial charge in [0.2, 0.25) is 0 Å². The summed E-state index contributed by atoms with van der Waals surface area (Å²) in [4.78, 5) is 0. The molecule has 1 aromatic heterocycles. The van der Waals surface area contributed by atoms with Crippen LogP contribution in [-0.4, -0.2) is 15.0 Å². The monoisotopic (exact) mass is 381 g/mol. The predicted molar refractivity (Wildman–Crippen MR) is 95.5 cm³/mol. The molecule has 0 saturated heterocycles. The van der Waals surface area contributed by atoms with Crippen molar-refractivity contribution in [2.24, 2.45) is 0 Å². The Hall–Kier alpha value is -1.59. The molecule has 0 unspecified atom stereocenters. The molecule has 0 fully saturated rings. The molecule has 0 spiro atoms. The van der Waals surface area contributed by atoms with Crippen molar-refractivity contribution in [1.29, 1.82) is 0 Å². The van der Waals surface area contributed by atoms with Crippen molar-refractivity contribution in [3.05, 3.63) is 81.1 Å². The third-order valence-corrected chi connectivity index (χ3v) is 4.31. The summed E-state index contributed by atoms with van der Waals surface area (Å²) in [6.07, 6.45) is 3.12. The number of halogens is 3. The van der Waals surface area contributed by atoms with Gasteiger partial charge in [0.1, 0.15) is 6.10 Å². The second-order valence-corrected chi connectivity index (χ2v) is 6.50. The first-order valence-corrected chi connectivity index (χ1v) is 8.40. The Morgan fingerprint density at radius 3 is 2.42 bits per heavy atom. The number of hydrogen-bond acceptors (Lipinski definition) is 3. The van der Waals surface area contributed by atoms with E-state index in [-0.39, 0.29) is 6.10 Å². The normalized spacial score (nSPS) is 12.3. The summed E-state index contributed by atoms with van der Waals surface area (Å²) in [5.74, 6) is 0. The van der Waals surface area contributed by atoms with Crippen LogP contribution in [0.25, 0.3) is 0 Å². The van der Waals surface area contributed by atoms with Crippen molar-refractivity contribution >= 4 is 34.8 Å². The van der Waals surface area contributed by atoms with Crippen LogP contribution in [0.5, 0.6) is 0 Å². The number of aromatic nitrogens is 3. The van der Waals surface area contributed by atoms with Crippen LogP contribution in [0.15, 0.2) is 54.9 Å². The van der Waals surface area contributed by atoms with E-state index in [9.17, 15) is 0 Å². The van der Waals surface area contributed by atoms with E-state index in [1.54, 1.807) is 29.2 Å². The zero-order valence-electron chi connectivity index (χ0n) is 12.6. The van der Waals surface area contributed by atoms with Crippen LogP contribution < -0.4 is 0 Å². The van der Waals surface area contributed by atoms with E-state index < -0.39 is 0 Å². The fourth-order valence-electron chi connectivity index (χ4n) is 2.28. The smallest absolute Gasteiger partial charge is 0.104 e. The number of rotatable bonds is 6. The van der Waals surface area contributed by atoms with E-state index in [2.05, 4.69) is 10.3 Å². The second kappa shape index (κ2) is 7.99. The van der Waals surface area contributed by atoms with Gasteiger partial charge in [-0.3, -0.25) is 0 Å². The lowest BCUT2D eigenvalue weighted by molar-refractivity contribution is 0.0254. The molecule has 7 heteroatoms. The topological polar surface area (TPSA) is 39.9 Å². The van der Waals surface area contributed by atoms with E-state index in [1.165, 1.54) is 0 Å². The maximum Gasteiger partial charge on any atom is 0.104 e. The summed E-state index contributed by atoms with van der Waals surface area (Å²) < 4.78 is 7.79. The zero-order chi connectivity index (χ0) is 16.9. The van der Waals surface area contributed by atoms with Crippen LogP contribution in [-0.2, 0) is 17.9 Å². The maximum atomic E-state index is 6.34. The van der Waals surface area contributed by atoms with E-state index in [0.29, 0.717) is 28.2 Å². The molecule has 0 N–H and O–H groups in total. The summed E-state index contributed by atoms with van der Waals surface area (Å²) in [5.41, 5.74) is 1.87. The molecule has 0 radical (unpaired) electrons. The lowest BCUT2D eigenvalue weighted by atomic mass is 10.1. The molecule has 0 aliphatic heterocycles. The highest BCUT2D eigenvalue weighted by molar-refractivity contribution is 6.35. The van der Waals surface area contributed by atoms with Crippen molar-refractivity contribution in [1.82, 2.24) is 15.0 Å². The van der Waals surface area contributed by atoms with Gasteiger partial charge in [0, 0.05) is 26.8 Å². The predicted octanol–water partition coefficient (Wildman–Crippen LogP) is 5.20. The van der Waals surface area contributed by atoms with Gasteiger partial charge in [-0.25, -0.2) is 4.68 Å². The van der Waals surface area contributed by atoms with Crippen LogP contribution in [0.1, 0.15) is 17.2 Å². The molecule has 3 rings (SSSR count). The third-order valence-electron chi connectivity index (χ3n) is 3.50. The minimum atomic E-state index is -0.285. The summed E-state index contributed by atoms with van der Waals surface area (Å²) in [6.45, 7) is 0.921. The first-order chi connectivity index (χ1) is 11.6. The number of nitrogens with zero attached hydrogens (tertiary/aromatic N) is 3. The van der Waals surface area contributed by atoms with Gasteiger partial charge in [-0.2, -0.15) is 0 Å². The largest absolute Gasteiger partial charge is 0.367 e. The minimum absolute atomic E-state index is 0.285. The molecular weight excluding hydrogens is 369 g/mol. The molecule has 0 aliphatic rings. The molecule has 0 amide bonds. The first kappa shape index (κ1) is 17.2. The standard InChI is InChI=1S/C17H14Cl3N3O/c18-13-3-1-12(2-4-13)11-24-17(10-23-8-7-21-22-23)15-6-5-14(19)9-16(15)20/h1-9,17H,10-11H2/t17-/m1/s1. The Labute approximate surface area is 154 Å². The Bertz CT molecular complexity index is 791. The van der Waals surface area contributed by atoms with Crippen molar-refractivity contribution in [3.8, 4) is 0 Å². The molecule has 3 aromatic rings. The van der Waals surface area contributed by atoms with Gasteiger partial charge >= 0.3 is 0 Å². The van der Waals surface area contributed by atoms with Crippen molar-refractivity contribution in [2.75, 3.05) is 0 Å². The Morgan fingerprint density at radius 2 is 1.75 bits per heavy atom. The van der Waals surface area contributed by atoms with Gasteiger partial charge in [0.25, 0.3) is 0 Å². The van der Waals surface area contributed by atoms with Crippen LogP contribution in [0.2, 0.25) is 15.1 Å². The van der Waals surface area contributed by atoms with E-state index in [0.717, 1.165) is 11.1 Å². The Morgan fingerprint density at radius 1 is 1.00 bits per heavy atom. The number of benzene rings is 2. The third kappa shape index (κ3) is 4.48.